The second-order valence-corrected chi connectivity index (χ2v) is 6.52. The van der Waals surface area contributed by atoms with Gasteiger partial charge in [-0.05, 0) is 61.7 Å². The largest absolute Gasteiger partial charge is 0.314 e. The summed E-state index contributed by atoms with van der Waals surface area (Å²) < 4.78 is 1.47. The number of aryl methyl sites for hydroxylation is 1. The second-order valence-electron chi connectivity index (χ2n) is 5.41. The zero-order valence-electron chi connectivity index (χ0n) is 11.2. The van der Waals surface area contributed by atoms with Crippen molar-refractivity contribution in [3.05, 3.63) is 34.7 Å². The first-order valence-corrected chi connectivity index (χ1v) is 7.84. The van der Waals surface area contributed by atoms with E-state index >= 15 is 0 Å². The van der Waals surface area contributed by atoms with Gasteiger partial charge in [-0.2, -0.15) is 0 Å². The number of hydrogen-bond acceptors (Lipinski definition) is 2. The van der Waals surface area contributed by atoms with E-state index in [4.69, 9.17) is 0 Å². The van der Waals surface area contributed by atoms with Crippen LogP contribution in [0.3, 0.4) is 0 Å². The Morgan fingerprint density at radius 1 is 1.39 bits per heavy atom. The van der Waals surface area contributed by atoms with Crippen LogP contribution >= 0.6 is 11.3 Å². The smallest absolute Gasteiger partial charge is 0.0348 e. The number of rotatable bonds is 2. The molecule has 1 aliphatic rings. The van der Waals surface area contributed by atoms with Crippen LogP contribution < -0.4 is 5.32 Å². The van der Waals surface area contributed by atoms with Gasteiger partial charge >= 0.3 is 0 Å². The Balaban J connectivity index is 1.97. The molecule has 96 valence electrons. The molecule has 1 fully saturated rings. The molecule has 0 saturated carbocycles. The molecule has 0 unspecified atom stereocenters. The molecule has 1 aliphatic heterocycles. The molecule has 2 atom stereocenters. The fourth-order valence-electron chi connectivity index (χ4n) is 3.04. The molecule has 1 aromatic carbocycles. The molecular weight excluding hydrogens is 238 g/mol. The molecule has 2 aromatic rings. The van der Waals surface area contributed by atoms with Crippen LogP contribution in [0.5, 0.6) is 0 Å². The van der Waals surface area contributed by atoms with Crippen LogP contribution in [0, 0.1) is 0 Å². The summed E-state index contributed by atoms with van der Waals surface area (Å²) in [4.78, 5) is 1.60. The molecule has 0 spiro atoms. The van der Waals surface area contributed by atoms with Crippen molar-refractivity contribution in [2.45, 2.75) is 45.1 Å². The summed E-state index contributed by atoms with van der Waals surface area (Å²) in [6.45, 7) is 5.72. The van der Waals surface area contributed by atoms with Crippen LogP contribution in [-0.4, -0.2) is 12.6 Å². The molecule has 0 radical (unpaired) electrons. The van der Waals surface area contributed by atoms with E-state index in [-0.39, 0.29) is 0 Å². The van der Waals surface area contributed by atoms with Gasteiger partial charge < -0.3 is 5.32 Å². The van der Waals surface area contributed by atoms with Crippen molar-refractivity contribution >= 4 is 21.4 Å². The standard InChI is InChI=1S/C16H21NS/c1-3-12-5-4-6-15-14(12)10-16(18-15)13-7-8-17-11(2)9-13/h4-6,10-11,13,17H,3,7-9H2,1-2H3/t11-,13+/m1/s1. The van der Waals surface area contributed by atoms with E-state index in [1.165, 1.54) is 35.0 Å². The predicted octanol–water partition coefficient (Wildman–Crippen LogP) is 4.32. The lowest BCUT2D eigenvalue weighted by atomic mass is 9.91. The van der Waals surface area contributed by atoms with Crippen molar-refractivity contribution in [3.63, 3.8) is 0 Å². The van der Waals surface area contributed by atoms with Crippen LogP contribution in [0.25, 0.3) is 10.1 Å². The summed E-state index contributed by atoms with van der Waals surface area (Å²) >= 11 is 2.01. The van der Waals surface area contributed by atoms with Crippen LogP contribution in [-0.2, 0) is 6.42 Å². The SMILES string of the molecule is CCc1cccc2sc([C@H]3CCN[C@H](C)C3)cc12. The summed E-state index contributed by atoms with van der Waals surface area (Å²) in [5.41, 5.74) is 1.50. The van der Waals surface area contributed by atoms with Gasteiger partial charge in [-0.25, -0.2) is 0 Å². The minimum atomic E-state index is 0.666. The summed E-state index contributed by atoms with van der Waals surface area (Å²) in [6.07, 6.45) is 3.71. The maximum Gasteiger partial charge on any atom is 0.0348 e. The lowest BCUT2D eigenvalue weighted by Gasteiger charge is -2.27. The summed E-state index contributed by atoms with van der Waals surface area (Å²) in [5, 5.41) is 5.03. The quantitative estimate of drug-likeness (QED) is 0.847. The Labute approximate surface area is 113 Å². The van der Waals surface area contributed by atoms with E-state index in [2.05, 4.69) is 43.4 Å². The number of hydrogen-bond donors (Lipinski definition) is 1. The van der Waals surface area contributed by atoms with Gasteiger partial charge in [0.2, 0.25) is 0 Å². The van der Waals surface area contributed by atoms with Crippen molar-refractivity contribution < 1.29 is 0 Å². The van der Waals surface area contributed by atoms with Crippen molar-refractivity contribution in [2.75, 3.05) is 6.54 Å². The van der Waals surface area contributed by atoms with Gasteiger partial charge in [0.1, 0.15) is 0 Å². The zero-order valence-corrected chi connectivity index (χ0v) is 12.0. The lowest BCUT2D eigenvalue weighted by Crippen LogP contribution is -2.34. The number of thiophene rings is 1. The van der Waals surface area contributed by atoms with E-state index in [1.54, 1.807) is 4.88 Å². The average molecular weight is 259 g/mol. The topological polar surface area (TPSA) is 12.0 Å². The first-order chi connectivity index (χ1) is 8.78. The van der Waals surface area contributed by atoms with E-state index in [0.717, 1.165) is 12.3 Å². The van der Waals surface area contributed by atoms with E-state index in [9.17, 15) is 0 Å². The molecule has 0 amide bonds. The Kier molecular flexibility index (Phi) is 3.40. The molecule has 2 heterocycles. The lowest BCUT2D eigenvalue weighted by molar-refractivity contribution is 0.384. The third-order valence-corrected chi connectivity index (χ3v) is 5.34. The van der Waals surface area contributed by atoms with Crippen LogP contribution in [0.15, 0.2) is 24.3 Å². The van der Waals surface area contributed by atoms with Gasteiger partial charge in [-0.1, -0.05) is 19.1 Å². The number of fused-ring (bicyclic) bond motifs is 1. The molecule has 0 aliphatic carbocycles. The molecule has 2 heteroatoms. The minimum Gasteiger partial charge on any atom is -0.314 e. The third-order valence-electron chi connectivity index (χ3n) is 4.08. The fourth-order valence-corrected chi connectivity index (χ4v) is 4.30. The highest BCUT2D eigenvalue weighted by Crippen LogP contribution is 2.37. The fraction of sp³-hybridized carbons (Fsp3) is 0.500. The highest BCUT2D eigenvalue weighted by Gasteiger charge is 2.21. The van der Waals surface area contributed by atoms with E-state index in [1.807, 2.05) is 11.3 Å². The van der Waals surface area contributed by atoms with Crippen molar-refractivity contribution in [3.8, 4) is 0 Å². The monoisotopic (exact) mass is 259 g/mol. The van der Waals surface area contributed by atoms with E-state index < -0.39 is 0 Å². The Hall–Kier alpha value is -0.860. The molecule has 18 heavy (non-hydrogen) atoms. The molecule has 1 aromatic heterocycles. The Morgan fingerprint density at radius 3 is 3.06 bits per heavy atom. The summed E-state index contributed by atoms with van der Waals surface area (Å²) in [7, 11) is 0. The highest BCUT2D eigenvalue weighted by molar-refractivity contribution is 7.19. The molecular formula is C16H21NS. The Bertz CT molecular complexity index is 543. The van der Waals surface area contributed by atoms with Crippen LogP contribution in [0.4, 0.5) is 0 Å². The van der Waals surface area contributed by atoms with Gasteiger partial charge in [0.15, 0.2) is 0 Å². The predicted molar refractivity (Wildman–Crippen MR) is 80.6 cm³/mol. The number of nitrogens with one attached hydrogen (secondary N) is 1. The third kappa shape index (κ3) is 2.19. The maximum absolute atomic E-state index is 3.54. The first kappa shape index (κ1) is 12.2. The number of piperidine rings is 1. The normalized spacial score (nSPS) is 24.6. The Morgan fingerprint density at radius 2 is 2.28 bits per heavy atom. The molecule has 1 nitrogen and oxygen atoms in total. The minimum absolute atomic E-state index is 0.666. The zero-order chi connectivity index (χ0) is 12.5. The first-order valence-electron chi connectivity index (χ1n) is 7.02. The van der Waals surface area contributed by atoms with Crippen molar-refractivity contribution in [2.24, 2.45) is 0 Å². The molecule has 3 rings (SSSR count). The molecule has 0 bridgehead atoms. The van der Waals surface area contributed by atoms with Gasteiger partial charge in [0.05, 0.1) is 0 Å². The van der Waals surface area contributed by atoms with Gasteiger partial charge in [0.25, 0.3) is 0 Å². The van der Waals surface area contributed by atoms with E-state index in [0.29, 0.717) is 6.04 Å². The second kappa shape index (κ2) is 5.02. The molecule has 1 saturated heterocycles. The molecule has 1 N–H and O–H groups in total. The van der Waals surface area contributed by atoms with Crippen LogP contribution in [0.1, 0.15) is 43.0 Å². The number of benzene rings is 1. The average Bonchev–Trinajstić information content (AvgIpc) is 2.82. The van der Waals surface area contributed by atoms with Gasteiger partial charge in [-0.15, -0.1) is 11.3 Å². The van der Waals surface area contributed by atoms with Crippen molar-refractivity contribution in [1.82, 2.24) is 5.32 Å². The van der Waals surface area contributed by atoms with Crippen molar-refractivity contribution in [1.29, 1.82) is 0 Å². The maximum atomic E-state index is 3.54. The summed E-state index contributed by atoms with van der Waals surface area (Å²) in [6, 6.07) is 9.87. The van der Waals surface area contributed by atoms with Gasteiger partial charge in [0, 0.05) is 15.6 Å². The van der Waals surface area contributed by atoms with Crippen LogP contribution in [0.2, 0.25) is 0 Å². The highest BCUT2D eigenvalue weighted by atomic mass is 32.1. The summed E-state index contributed by atoms with van der Waals surface area (Å²) in [5.74, 6) is 0.767. The van der Waals surface area contributed by atoms with Gasteiger partial charge in [-0.3, -0.25) is 0 Å².